The summed E-state index contributed by atoms with van der Waals surface area (Å²) in [6.07, 6.45) is 3.46. The molecule has 2 aromatic rings. The van der Waals surface area contributed by atoms with Crippen molar-refractivity contribution in [2.24, 2.45) is 0 Å². The summed E-state index contributed by atoms with van der Waals surface area (Å²) in [5.41, 5.74) is 7.36. The summed E-state index contributed by atoms with van der Waals surface area (Å²) >= 11 is 0. The number of nitrogen functional groups attached to an aromatic ring is 1. The Balaban J connectivity index is 2.11. The molecule has 2 aromatic heterocycles. The molecule has 0 aliphatic rings. The number of pyridine rings is 2. The van der Waals surface area contributed by atoms with Gasteiger partial charge in [-0.15, -0.1) is 0 Å². The highest BCUT2D eigenvalue weighted by atomic mass is 15.0. The fraction of sp³-hybridized carbons (Fsp3) is 0.167. The average Bonchev–Trinajstić information content (AvgIpc) is 2.30. The molecule has 0 aliphatic heterocycles. The van der Waals surface area contributed by atoms with E-state index >= 15 is 0 Å². The summed E-state index contributed by atoms with van der Waals surface area (Å²) in [4.78, 5) is 8.46. The van der Waals surface area contributed by atoms with E-state index in [0.29, 0.717) is 5.69 Å². The Morgan fingerprint density at radius 2 is 2.06 bits per heavy atom. The average molecular weight is 214 g/mol. The number of nitrogens with two attached hydrogens (primary N) is 1. The predicted octanol–water partition coefficient (Wildman–Crippen LogP) is 2.23. The smallest absolute Gasteiger partial charge is 0.128 e. The number of rotatable bonds is 3. The van der Waals surface area contributed by atoms with Crippen LogP contribution in [0.15, 0.2) is 42.7 Å². The molecule has 2 heterocycles. The van der Waals surface area contributed by atoms with E-state index in [-0.39, 0.29) is 6.04 Å². The Morgan fingerprint density at radius 3 is 2.75 bits per heavy atom. The van der Waals surface area contributed by atoms with Crippen molar-refractivity contribution >= 4 is 11.5 Å². The standard InChI is InChI=1S/C12H14N4/c1-9(11-4-2-3-6-14-11)16-12-8-10(13)5-7-15-12/h2-9H,1H3,(H3,13,15,16). The maximum Gasteiger partial charge on any atom is 0.128 e. The minimum absolute atomic E-state index is 0.107. The van der Waals surface area contributed by atoms with Gasteiger partial charge in [-0.05, 0) is 25.1 Å². The van der Waals surface area contributed by atoms with Crippen LogP contribution in [-0.4, -0.2) is 9.97 Å². The summed E-state index contributed by atoms with van der Waals surface area (Å²) in [5, 5.41) is 3.25. The molecule has 2 rings (SSSR count). The minimum Gasteiger partial charge on any atom is -0.399 e. The van der Waals surface area contributed by atoms with Gasteiger partial charge >= 0.3 is 0 Å². The van der Waals surface area contributed by atoms with Gasteiger partial charge in [0.1, 0.15) is 5.82 Å². The molecular formula is C12H14N4. The molecule has 0 radical (unpaired) electrons. The van der Waals surface area contributed by atoms with E-state index in [1.807, 2.05) is 25.1 Å². The molecule has 0 fully saturated rings. The molecule has 0 spiro atoms. The Labute approximate surface area is 94.5 Å². The van der Waals surface area contributed by atoms with Gasteiger partial charge in [0.2, 0.25) is 0 Å². The Kier molecular flexibility index (Phi) is 3.00. The van der Waals surface area contributed by atoms with E-state index in [9.17, 15) is 0 Å². The van der Waals surface area contributed by atoms with Crippen LogP contribution in [-0.2, 0) is 0 Å². The lowest BCUT2D eigenvalue weighted by atomic mass is 10.2. The number of hydrogen-bond acceptors (Lipinski definition) is 4. The molecule has 1 atom stereocenters. The Bertz CT molecular complexity index is 456. The SMILES string of the molecule is CC(Nc1cc(N)ccn1)c1ccccn1. The lowest BCUT2D eigenvalue weighted by Crippen LogP contribution is -2.09. The zero-order valence-electron chi connectivity index (χ0n) is 9.09. The van der Waals surface area contributed by atoms with Crippen molar-refractivity contribution in [3.63, 3.8) is 0 Å². The third-order valence-corrected chi connectivity index (χ3v) is 2.28. The highest BCUT2D eigenvalue weighted by Gasteiger charge is 2.06. The number of nitrogens with zero attached hydrogens (tertiary/aromatic N) is 2. The van der Waals surface area contributed by atoms with Gasteiger partial charge in [-0.25, -0.2) is 4.98 Å². The van der Waals surface area contributed by atoms with Gasteiger partial charge < -0.3 is 11.1 Å². The van der Waals surface area contributed by atoms with Gasteiger partial charge in [-0.3, -0.25) is 4.98 Å². The van der Waals surface area contributed by atoms with Crippen LogP contribution in [0.1, 0.15) is 18.7 Å². The van der Waals surface area contributed by atoms with E-state index in [1.54, 1.807) is 24.5 Å². The number of hydrogen-bond donors (Lipinski definition) is 2. The first kappa shape index (κ1) is 10.4. The molecule has 0 bridgehead atoms. The minimum atomic E-state index is 0.107. The van der Waals surface area contributed by atoms with Crippen LogP contribution in [0.3, 0.4) is 0 Å². The molecule has 0 aliphatic carbocycles. The molecule has 82 valence electrons. The highest BCUT2D eigenvalue weighted by molar-refractivity contribution is 5.49. The van der Waals surface area contributed by atoms with Crippen molar-refractivity contribution in [2.75, 3.05) is 11.1 Å². The van der Waals surface area contributed by atoms with E-state index < -0.39 is 0 Å². The fourth-order valence-electron chi connectivity index (χ4n) is 1.45. The molecule has 16 heavy (non-hydrogen) atoms. The Morgan fingerprint density at radius 1 is 1.19 bits per heavy atom. The van der Waals surface area contributed by atoms with Crippen LogP contribution in [0.25, 0.3) is 0 Å². The van der Waals surface area contributed by atoms with Crippen LogP contribution >= 0.6 is 0 Å². The van der Waals surface area contributed by atoms with Crippen molar-refractivity contribution in [2.45, 2.75) is 13.0 Å². The van der Waals surface area contributed by atoms with Crippen LogP contribution in [0.2, 0.25) is 0 Å². The van der Waals surface area contributed by atoms with Gasteiger partial charge in [0, 0.05) is 24.1 Å². The molecule has 1 unspecified atom stereocenters. The van der Waals surface area contributed by atoms with Crippen molar-refractivity contribution in [3.05, 3.63) is 48.4 Å². The first-order valence-corrected chi connectivity index (χ1v) is 5.15. The lowest BCUT2D eigenvalue weighted by molar-refractivity contribution is 0.832. The second-order valence-electron chi connectivity index (χ2n) is 3.60. The number of aromatic nitrogens is 2. The molecule has 0 saturated carbocycles. The quantitative estimate of drug-likeness (QED) is 0.822. The Hall–Kier alpha value is -2.10. The van der Waals surface area contributed by atoms with Crippen molar-refractivity contribution < 1.29 is 0 Å². The monoisotopic (exact) mass is 214 g/mol. The summed E-state index contributed by atoms with van der Waals surface area (Å²) in [6, 6.07) is 9.51. The molecule has 4 nitrogen and oxygen atoms in total. The maximum atomic E-state index is 5.68. The molecule has 0 saturated heterocycles. The topological polar surface area (TPSA) is 63.8 Å². The zero-order valence-corrected chi connectivity index (χ0v) is 9.09. The van der Waals surface area contributed by atoms with Gasteiger partial charge in [-0.2, -0.15) is 0 Å². The van der Waals surface area contributed by atoms with Gasteiger partial charge in [0.25, 0.3) is 0 Å². The van der Waals surface area contributed by atoms with E-state index in [2.05, 4.69) is 15.3 Å². The maximum absolute atomic E-state index is 5.68. The molecule has 0 aromatic carbocycles. The summed E-state index contributed by atoms with van der Waals surface area (Å²) in [7, 11) is 0. The van der Waals surface area contributed by atoms with E-state index in [4.69, 9.17) is 5.73 Å². The first-order chi connectivity index (χ1) is 7.75. The van der Waals surface area contributed by atoms with Crippen LogP contribution in [0.4, 0.5) is 11.5 Å². The van der Waals surface area contributed by atoms with Crippen molar-refractivity contribution in [1.29, 1.82) is 0 Å². The summed E-state index contributed by atoms with van der Waals surface area (Å²) in [5.74, 6) is 0.762. The fourth-order valence-corrected chi connectivity index (χ4v) is 1.45. The van der Waals surface area contributed by atoms with E-state index in [1.165, 1.54) is 0 Å². The third-order valence-electron chi connectivity index (χ3n) is 2.28. The molecular weight excluding hydrogens is 200 g/mol. The van der Waals surface area contributed by atoms with Gasteiger partial charge in [-0.1, -0.05) is 6.07 Å². The molecule has 4 heteroatoms. The normalized spacial score (nSPS) is 12.1. The van der Waals surface area contributed by atoms with Crippen LogP contribution in [0.5, 0.6) is 0 Å². The molecule has 0 amide bonds. The number of anilines is 2. The summed E-state index contributed by atoms with van der Waals surface area (Å²) in [6.45, 7) is 2.03. The molecule has 3 N–H and O–H groups in total. The van der Waals surface area contributed by atoms with Gasteiger partial charge in [0.15, 0.2) is 0 Å². The highest BCUT2D eigenvalue weighted by Crippen LogP contribution is 2.16. The van der Waals surface area contributed by atoms with E-state index in [0.717, 1.165) is 11.5 Å². The second kappa shape index (κ2) is 4.61. The third kappa shape index (κ3) is 2.48. The predicted molar refractivity (Wildman–Crippen MR) is 64.9 cm³/mol. The van der Waals surface area contributed by atoms with Gasteiger partial charge in [0.05, 0.1) is 11.7 Å². The lowest BCUT2D eigenvalue weighted by Gasteiger charge is -2.13. The number of nitrogens with one attached hydrogen (secondary N) is 1. The van der Waals surface area contributed by atoms with Crippen molar-refractivity contribution in [1.82, 2.24) is 9.97 Å². The zero-order chi connectivity index (χ0) is 11.4. The largest absolute Gasteiger partial charge is 0.399 e. The van der Waals surface area contributed by atoms with Crippen molar-refractivity contribution in [3.8, 4) is 0 Å². The van der Waals surface area contributed by atoms with Crippen LogP contribution < -0.4 is 11.1 Å². The second-order valence-corrected chi connectivity index (χ2v) is 3.60. The first-order valence-electron chi connectivity index (χ1n) is 5.15. The summed E-state index contributed by atoms with van der Waals surface area (Å²) < 4.78 is 0. The van der Waals surface area contributed by atoms with Crippen LogP contribution in [0, 0.1) is 0 Å².